The van der Waals surface area contributed by atoms with Gasteiger partial charge in [0.1, 0.15) is 18.2 Å². The van der Waals surface area contributed by atoms with Crippen molar-refractivity contribution in [3.8, 4) is 5.75 Å². The molecule has 0 radical (unpaired) electrons. The summed E-state index contributed by atoms with van der Waals surface area (Å²) in [6, 6.07) is 6.36. The van der Waals surface area contributed by atoms with Gasteiger partial charge in [0.05, 0.1) is 0 Å². The number of benzene rings is 1. The quantitative estimate of drug-likeness (QED) is 0.769. The Kier molecular flexibility index (Phi) is 6.46. The lowest BCUT2D eigenvalue weighted by molar-refractivity contribution is 0.147. The molecule has 0 bridgehead atoms. The minimum atomic E-state index is -0.241. The molecule has 0 amide bonds. The predicted octanol–water partition coefficient (Wildman–Crippen LogP) is 2.87. The van der Waals surface area contributed by atoms with Gasteiger partial charge < -0.3 is 9.64 Å². The van der Waals surface area contributed by atoms with Crippen LogP contribution in [0.25, 0.3) is 0 Å². The summed E-state index contributed by atoms with van der Waals surface area (Å²) in [6.07, 6.45) is 3.88. The van der Waals surface area contributed by atoms with E-state index in [9.17, 15) is 4.39 Å². The zero-order valence-corrected chi connectivity index (χ0v) is 13.2. The van der Waals surface area contributed by atoms with Crippen LogP contribution in [0.5, 0.6) is 5.75 Å². The second-order valence-corrected chi connectivity index (χ2v) is 6.18. The third-order valence-corrected chi connectivity index (χ3v) is 4.16. The highest BCUT2D eigenvalue weighted by atomic mass is 19.1. The van der Waals surface area contributed by atoms with Gasteiger partial charge in [-0.1, -0.05) is 6.07 Å². The number of rotatable bonds is 7. The van der Waals surface area contributed by atoms with Crippen LogP contribution in [0.3, 0.4) is 0 Å². The van der Waals surface area contributed by atoms with Crippen LogP contribution in [0.4, 0.5) is 4.39 Å². The summed E-state index contributed by atoms with van der Waals surface area (Å²) in [4.78, 5) is 4.71. The second-order valence-electron chi connectivity index (χ2n) is 6.18. The summed E-state index contributed by atoms with van der Waals surface area (Å²) < 4.78 is 18.6. The third-order valence-electron chi connectivity index (χ3n) is 4.16. The van der Waals surface area contributed by atoms with E-state index in [0.717, 1.165) is 25.6 Å². The first kappa shape index (κ1) is 16.2. The van der Waals surface area contributed by atoms with Crippen molar-refractivity contribution in [3.63, 3.8) is 0 Å². The number of piperidine rings is 1. The maximum atomic E-state index is 13.0. The van der Waals surface area contributed by atoms with Gasteiger partial charge in [-0.25, -0.2) is 4.39 Å². The highest BCUT2D eigenvalue weighted by molar-refractivity contribution is 5.22. The van der Waals surface area contributed by atoms with E-state index < -0.39 is 0 Å². The molecule has 2 rings (SSSR count). The Morgan fingerprint density at radius 1 is 1.29 bits per heavy atom. The zero-order chi connectivity index (χ0) is 15.1. The number of hydrogen-bond acceptors (Lipinski definition) is 3. The summed E-state index contributed by atoms with van der Waals surface area (Å²) >= 11 is 0. The van der Waals surface area contributed by atoms with Gasteiger partial charge in [-0.05, 0) is 71.0 Å². The molecular formula is C17H27FN2O. The average Bonchev–Trinajstić information content (AvgIpc) is 2.46. The van der Waals surface area contributed by atoms with Crippen LogP contribution < -0.4 is 4.74 Å². The minimum absolute atomic E-state index is 0.241. The zero-order valence-electron chi connectivity index (χ0n) is 13.2. The van der Waals surface area contributed by atoms with Gasteiger partial charge in [0.25, 0.3) is 0 Å². The number of halogens is 1. The fourth-order valence-electron chi connectivity index (χ4n) is 2.79. The second kappa shape index (κ2) is 8.35. The number of nitrogens with zero attached hydrogens (tertiary/aromatic N) is 2. The molecule has 0 unspecified atom stereocenters. The summed E-state index contributed by atoms with van der Waals surface area (Å²) in [7, 11) is 4.28. The molecule has 0 aromatic heterocycles. The molecule has 4 heteroatoms. The van der Waals surface area contributed by atoms with Gasteiger partial charge in [0.2, 0.25) is 0 Å². The van der Waals surface area contributed by atoms with Crippen molar-refractivity contribution in [2.24, 2.45) is 5.92 Å². The number of ether oxygens (including phenoxy) is 1. The van der Waals surface area contributed by atoms with E-state index in [-0.39, 0.29) is 5.82 Å². The topological polar surface area (TPSA) is 15.7 Å². The van der Waals surface area contributed by atoms with Gasteiger partial charge in [-0.3, -0.25) is 4.90 Å². The van der Waals surface area contributed by atoms with E-state index in [1.54, 1.807) is 12.1 Å². The lowest BCUT2D eigenvalue weighted by Crippen LogP contribution is -2.37. The Morgan fingerprint density at radius 2 is 2.05 bits per heavy atom. The van der Waals surface area contributed by atoms with E-state index in [0.29, 0.717) is 12.4 Å². The van der Waals surface area contributed by atoms with E-state index in [1.165, 1.54) is 37.9 Å². The highest BCUT2D eigenvalue weighted by Gasteiger charge is 2.18. The molecule has 0 N–H and O–H groups in total. The monoisotopic (exact) mass is 294 g/mol. The molecule has 1 heterocycles. The Hall–Kier alpha value is -1.13. The fourth-order valence-corrected chi connectivity index (χ4v) is 2.79. The minimum Gasteiger partial charge on any atom is -0.492 e. The van der Waals surface area contributed by atoms with E-state index in [4.69, 9.17) is 4.74 Å². The van der Waals surface area contributed by atoms with Crippen LogP contribution in [0.2, 0.25) is 0 Å². The molecule has 21 heavy (non-hydrogen) atoms. The molecule has 118 valence electrons. The number of likely N-dealkylation sites (tertiary alicyclic amines) is 1. The first-order chi connectivity index (χ1) is 10.1. The molecule has 0 saturated carbocycles. The fraction of sp³-hybridized carbons (Fsp3) is 0.647. The largest absolute Gasteiger partial charge is 0.492 e. The van der Waals surface area contributed by atoms with E-state index in [1.807, 2.05) is 0 Å². The molecule has 0 spiro atoms. The molecular weight excluding hydrogens is 267 g/mol. The lowest BCUT2D eigenvalue weighted by Gasteiger charge is -2.32. The Bertz CT molecular complexity index is 417. The maximum Gasteiger partial charge on any atom is 0.126 e. The van der Waals surface area contributed by atoms with Crippen LogP contribution in [0, 0.1) is 11.7 Å². The average molecular weight is 294 g/mol. The maximum absolute atomic E-state index is 13.0. The normalized spacial score (nSPS) is 17.3. The van der Waals surface area contributed by atoms with Crippen molar-refractivity contribution in [1.82, 2.24) is 9.80 Å². The first-order valence-electron chi connectivity index (χ1n) is 7.89. The smallest absolute Gasteiger partial charge is 0.126 e. The van der Waals surface area contributed by atoms with Gasteiger partial charge in [0, 0.05) is 12.6 Å². The van der Waals surface area contributed by atoms with Crippen molar-refractivity contribution >= 4 is 0 Å². The van der Waals surface area contributed by atoms with Gasteiger partial charge in [-0.2, -0.15) is 0 Å². The summed E-state index contributed by atoms with van der Waals surface area (Å²) in [5.41, 5.74) is 0. The van der Waals surface area contributed by atoms with E-state index in [2.05, 4.69) is 23.9 Å². The van der Waals surface area contributed by atoms with Crippen LogP contribution in [-0.2, 0) is 0 Å². The standard InChI is InChI=1S/C17H27FN2O/c1-19(2)9-6-15-7-10-20(11-8-15)12-13-21-17-5-3-4-16(18)14-17/h3-5,14-15H,6-13H2,1-2H3. The van der Waals surface area contributed by atoms with Gasteiger partial charge in [0.15, 0.2) is 0 Å². The van der Waals surface area contributed by atoms with Gasteiger partial charge in [-0.15, -0.1) is 0 Å². The van der Waals surface area contributed by atoms with Crippen molar-refractivity contribution in [1.29, 1.82) is 0 Å². The number of hydrogen-bond donors (Lipinski definition) is 0. The van der Waals surface area contributed by atoms with Crippen molar-refractivity contribution < 1.29 is 9.13 Å². The molecule has 1 aliphatic heterocycles. The molecule has 1 fully saturated rings. The Morgan fingerprint density at radius 3 is 2.71 bits per heavy atom. The first-order valence-corrected chi connectivity index (χ1v) is 7.89. The molecule has 0 atom stereocenters. The van der Waals surface area contributed by atoms with E-state index >= 15 is 0 Å². The summed E-state index contributed by atoms with van der Waals surface area (Å²) in [6.45, 7) is 5.06. The lowest BCUT2D eigenvalue weighted by atomic mass is 9.93. The van der Waals surface area contributed by atoms with Crippen LogP contribution in [0.1, 0.15) is 19.3 Å². The molecule has 1 aromatic rings. The molecule has 1 saturated heterocycles. The SMILES string of the molecule is CN(C)CCC1CCN(CCOc2cccc(F)c2)CC1. The third kappa shape index (κ3) is 6.02. The van der Waals surface area contributed by atoms with Crippen molar-refractivity contribution in [3.05, 3.63) is 30.1 Å². The molecule has 1 aliphatic rings. The van der Waals surface area contributed by atoms with Crippen molar-refractivity contribution in [2.75, 3.05) is 46.9 Å². The molecule has 1 aromatic carbocycles. The molecule has 3 nitrogen and oxygen atoms in total. The van der Waals surface area contributed by atoms with Crippen LogP contribution in [0.15, 0.2) is 24.3 Å². The Balaban J connectivity index is 1.60. The van der Waals surface area contributed by atoms with Crippen molar-refractivity contribution in [2.45, 2.75) is 19.3 Å². The van der Waals surface area contributed by atoms with Crippen LogP contribution >= 0.6 is 0 Å². The van der Waals surface area contributed by atoms with Crippen LogP contribution in [-0.4, -0.2) is 56.7 Å². The Labute approximate surface area is 127 Å². The summed E-state index contributed by atoms with van der Waals surface area (Å²) in [5.74, 6) is 1.25. The predicted molar refractivity (Wildman–Crippen MR) is 84.2 cm³/mol. The summed E-state index contributed by atoms with van der Waals surface area (Å²) in [5, 5.41) is 0. The highest BCUT2D eigenvalue weighted by Crippen LogP contribution is 2.20. The molecule has 0 aliphatic carbocycles. The van der Waals surface area contributed by atoms with Gasteiger partial charge >= 0.3 is 0 Å².